The Morgan fingerprint density at radius 2 is 1.97 bits per heavy atom. The number of carbonyl (C=O) groups is 2. The summed E-state index contributed by atoms with van der Waals surface area (Å²) in [6.45, 7) is 2.56. The molecule has 0 radical (unpaired) electrons. The summed E-state index contributed by atoms with van der Waals surface area (Å²) in [5, 5.41) is 16.3. The normalized spacial score (nSPS) is 21.5. The summed E-state index contributed by atoms with van der Waals surface area (Å²) in [5.74, 6) is -4.84. The maximum absolute atomic E-state index is 13.4. The molecule has 2 aromatic rings. The molecule has 2 N–H and O–H groups in total. The Morgan fingerprint density at radius 1 is 1.28 bits per heavy atom. The van der Waals surface area contributed by atoms with Crippen molar-refractivity contribution < 1.29 is 27.9 Å². The second kappa shape index (κ2) is 7.07. The first kappa shape index (κ1) is 19.2. The summed E-state index contributed by atoms with van der Waals surface area (Å²) >= 11 is 0. The smallest absolute Gasteiger partial charge is 0.322 e. The summed E-state index contributed by atoms with van der Waals surface area (Å²) in [5.41, 5.74) is 0.906. The summed E-state index contributed by atoms with van der Waals surface area (Å²) in [7, 11) is 0. The average Bonchev–Trinajstić information content (AvgIpc) is 3.21. The molecule has 0 saturated carbocycles. The van der Waals surface area contributed by atoms with E-state index in [4.69, 9.17) is 0 Å². The summed E-state index contributed by atoms with van der Waals surface area (Å²) in [4.78, 5) is 27.7. The number of fused-ring (bicyclic) bond motifs is 1. The highest BCUT2D eigenvalue weighted by Gasteiger charge is 2.36. The number of hydrogen-bond acceptors (Lipinski definition) is 4. The fraction of sp³-hybridized carbons (Fsp3) is 0.389. The third kappa shape index (κ3) is 3.31. The van der Waals surface area contributed by atoms with Crippen LogP contribution in [0.4, 0.5) is 29.3 Å². The highest BCUT2D eigenvalue weighted by Crippen LogP contribution is 2.30. The van der Waals surface area contributed by atoms with Crippen molar-refractivity contribution in [2.24, 2.45) is 0 Å². The number of carbonyl (C=O) groups excluding carboxylic acids is 2. The SMILES string of the molecule is C[C@H]1Cn2ncc(N3CC[C@@H](O)C3=O)c2CN1C(=O)Nc1cc(F)c(F)c(F)c1. The topological polar surface area (TPSA) is 90.7 Å². The molecule has 1 aromatic carbocycles. The van der Waals surface area contributed by atoms with Crippen molar-refractivity contribution in [2.75, 3.05) is 16.8 Å². The molecular formula is C18H18F3N5O3. The predicted molar refractivity (Wildman–Crippen MR) is 95.5 cm³/mol. The highest BCUT2D eigenvalue weighted by atomic mass is 19.2. The number of nitrogens with zero attached hydrogens (tertiary/aromatic N) is 4. The molecule has 2 atom stereocenters. The molecule has 0 unspecified atom stereocenters. The van der Waals surface area contributed by atoms with Crippen LogP contribution >= 0.6 is 0 Å². The maximum atomic E-state index is 13.4. The Bertz CT molecular complexity index is 972. The van der Waals surface area contributed by atoms with Crippen molar-refractivity contribution in [2.45, 2.75) is 38.6 Å². The van der Waals surface area contributed by atoms with E-state index >= 15 is 0 Å². The molecule has 2 aliphatic heterocycles. The zero-order valence-electron chi connectivity index (χ0n) is 15.4. The monoisotopic (exact) mass is 409 g/mol. The van der Waals surface area contributed by atoms with Gasteiger partial charge in [0.1, 0.15) is 6.10 Å². The lowest BCUT2D eigenvalue weighted by Gasteiger charge is -2.35. The van der Waals surface area contributed by atoms with Crippen LogP contribution in [0.15, 0.2) is 18.3 Å². The van der Waals surface area contributed by atoms with Crippen molar-refractivity contribution >= 4 is 23.3 Å². The number of anilines is 2. The van der Waals surface area contributed by atoms with Crippen LogP contribution in [0.1, 0.15) is 19.0 Å². The molecule has 2 aliphatic rings. The first-order valence-corrected chi connectivity index (χ1v) is 9.02. The number of aromatic nitrogens is 2. The average molecular weight is 409 g/mol. The van der Waals surface area contributed by atoms with E-state index < -0.39 is 35.5 Å². The summed E-state index contributed by atoms with van der Waals surface area (Å²) in [6, 6.07) is 0.467. The van der Waals surface area contributed by atoms with Crippen molar-refractivity contribution in [3.8, 4) is 0 Å². The number of nitrogens with one attached hydrogen (secondary N) is 1. The first-order valence-electron chi connectivity index (χ1n) is 9.02. The number of hydrogen-bond donors (Lipinski definition) is 2. The molecule has 4 rings (SSSR count). The van der Waals surface area contributed by atoms with Gasteiger partial charge in [-0.2, -0.15) is 5.10 Å². The van der Waals surface area contributed by atoms with E-state index in [-0.39, 0.29) is 18.3 Å². The van der Waals surface area contributed by atoms with Gasteiger partial charge < -0.3 is 20.2 Å². The van der Waals surface area contributed by atoms with Gasteiger partial charge in [0, 0.05) is 30.8 Å². The molecule has 0 bridgehead atoms. The number of urea groups is 1. The highest BCUT2D eigenvalue weighted by molar-refractivity contribution is 5.99. The molecule has 8 nitrogen and oxygen atoms in total. The van der Waals surface area contributed by atoms with Crippen LogP contribution in [0.3, 0.4) is 0 Å². The van der Waals surface area contributed by atoms with Gasteiger partial charge in [0.15, 0.2) is 17.5 Å². The van der Waals surface area contributed by atoms with E-state index in [1.165, 1.54) is 16.0 Å². The van der Waals surface area contributed by atoms with Crippen LogP contribution < -0.4 is 10.2 Å². The van der Waals surface area contributed by atoms with Gasteiger partial charge in [-0.1, -0.05) is 0 Å². The summed E-state index contributed by atoms with van der Waals surface area (Å²) < 4.78 is 41.6. The minimum absolute atomic E-state index is 0.0916. The quantitative estimate of drug-likeness (QED) is 0.741. The zero-order valence-corrected chi connectivity index (χ0v) is 15.4. The van der Waals surface area contributed by atoms with Gasteiger partial charge in [0.05, 0.1) is 36.7 Å². The Balaban J connectivity index is 1.56. The fourth-order valence-electron chi connectivity index (χ4n) is 3.61. The minimum Gasteiger partial charge on any atom is -0.383 e. The molecule has 0 aliphatic carbocycles. The lowest BCUT2D eigenvalue weighted by atomic mass is 10.2. The minimum atomic E-state index is -1.61. The lowest BCUT2D eigenvalue weighted by molar-refractivity contribution is -0.124. The number of halogens is 3. The van der Waals surface area contributed by atoms with E-state index in [1.807, 2.05) is 0 Å². The number of benzene rings is 1. The molecule has 29 heavy (non-hydrogen) atoms. The van der Waals surface area contributed by atoms with E-state index in [2.05, 4.69) is 10.4 Å². The fourth-order valence-corrected chi connectivity index (χ4v) is 3.61. The molecule has 1 aromatic heterocycles. The van der Waals surface area contributed by atoms with Gasteiger partial charge >= 0.3 is 6.03 Å². The second-order valence-electron chi connectivity index (χ2n) is 7.11. The van der Waals surface area contributed by atoms with Gasteiger partial charge in [-0.15, -0.1) is 0 Å². The van der Waals surface area contributed by atoms with E-state index in [1.54, 1.807) is 11.6 Å². The van der Waals surface area contributed by atoms with Crippen LogP contribution in [0.2, 0.25) is 0 Å². The standard InChI is InChI=1S/C18H18F3N5O3/c1-9-7-26-14(13(6-22-26)24-3-2-15(27)17(24)28)8-25(9)18(29)23-10-4-11(19)16(21)12(20)5-10/h4-6,9,15,27H,2-3,7-8H2,1H3,(H,23,29)/t9-,15+/m0/s1. The van der Waals surface area contributed by atoms with Crippen LogP contribution in [-0.2, 0) is 17.9 Å². The molecule has 3 amide bonds. The number of aliphatic hydroxyl groups is 1. The van der Waals surface area contributed by atoms with E-state index in [0.29, 0.717) is 43.0 Å². The Labute approximate surface area is 163 Å². The molecule has 1 saturated heterocycles. The molecule has 11 heteroatoms. The van der Waals surface area contributed by atoms with Crippen LogP contribution in [0, 0.1) is 17.5 Å². The maximum Gasteiger partial charge on any atom is 0.322 e. The number of amides is 3. The summed E-state index contributed by atoms with van der Waals surface area (Å²) in [6.07, 6.45) is 0.770. The Kier molecular flexibility index (Phi) is 4.69. The third-order valence-corrected chi connectivity index (χ3v) is 5.18. The molecular weight excluding hydrogens is 391 g/mol. The number of rotatable bonds is 2. The van der Waals surface area contributed by atoms with Gasteiger partial charge in [-0.3, -0.25) is 9.48 Å². The number of aliphatic hydroxyl groups excluding tert-OH is 1. The zero-order chi connectivity index (χ0) is 20.9. The van der Waals surface area contributed by atoms with Gasteiger partial charge in [-0.05, 0) is 6.92 Å². The van der Waals surface area contributed by atoms with Crippen molar-refractivity contribution in [3.05, 3.63) is 41.5 Å². The van der Waals surface area contributed by atoms with Crippen molar-refractivity contribution in [1.29, 1.82) is 0 Å². The second-order valence-corrected chi connectivity index (χ2v) is 7.11. The Morgan fingerprint density at radius 3 is 2.59 bits per heavy atom. The van der Waals surface area contributed by atoms with Gasteiger partial charge in [0.25, 0.3) is 5.91 Å². The molecule has 1 fully saturated rings. The Hall–Kier alpha value is -3.08. The largest absolute Gasteiger partial charge is 0.383 e. The van der Waals surface area contributed by atoms with Crippen molar-refractivity contribution in [1.82, 2.24) is 14.7 Å². The van der Waals surface area contributed by atoms with E-state index in [0.717, 1.165) is 0 Å². The van der Waals surface area contributed by atoms with Crippen LogP contribution in [0.25, 0.3) is 0 Å². The van der Waals surface area contributed by atoms with Crippen LogP contribution in [-0.4, -0.2) is 50.4 Å². The lowest BCUT2D eigenvalue weighted by Crippen LogP contribution is -2.47. The third-order valence-electron chi connectivity index (χ3n) is 5.18. The van der Waals surface area contributed by atoms with E-state index in [9.17, 15) is 27.9 Å². The first-order chi connectivity index (χ1) is 13.8. The predicted octanol–water partition coefficient (Wildman–Crippen LogP) is 1.83. The van der Waals surface area contributed by atoms with Crippen LogP contribution in [0.5, 0.6) is 0 Å². The van der Waals surface area contributed by atoms with Gasteiger partial charge in [-0.25, -0.2) is 18.0 Å². The molecule has 154 valence electrons. The van der Waals surface area contributed by atoms with Gasteiger partial charge in [0.2, 0.25) is 0 Å². The molecule has 3 heterocycles. The van der Waals surface area contributed by atoms with Crippen molar-refractivity contribution in [3.63, 3.8) is 0 Å². The molecule has 0 spiro atoms.